The number of nitrogens with one attached hydrogen (secondary N) is 1. The summed E-state index contributed by atoms with van der Waals surface area (Å²) in [5.74, 6) is 0.827. The molecule has 1 N–H and O–H groups in total. The number of hydrogen-bond acceptors (Lipinski definition) is 4. The smallest absolute Gasteiger partial charge is 0.225 e. The van der Waals surface area contributed by atoms with Crippen molar-refractivity contribution in [1.82, 2.24) is 15.5 Å². The molecule has 3 rings (SSSR count). The van der Waals surface area contributed by atoms with Crippen LogP contribution >= 0.6 is 11.6 Å². The fourth-order valence-electron chi connectivity index (χ4n) is 3.03. The summed E-state index contributed by atoms with van der Waals surface area (Å²) in [4.78, 5) is 14.7. The number of piperidine rings is 1. The van der Waals surface area contributed by atoms with Gasteiger partial charge < -0.3 is 10.2 Å². The number of hydrogen-bond donors (Lipinski definition) is 1. The van der Waals surface area contributed by atoms with E-state index in [1.54, 1.807) is 6.07 Å². The first-order chi connectivity index (χ1) is 11.6. The fraction of sp³-hybridized carbons (Fsp3) is 0.389. The van der Waals surface area contributed by atoms with E-state index in [0.29, 0.717) is 11.7 Å². The molecule has 0 spiro atoms. The van der Waals surface area contributed by atoms with Crippen LogP contribution in [0.15, 0.2) is 42.5 Å². The molecular formula is C18H21ClN4O. The summed E-state index contributed by atoms with van der Waals surface area (Å²) in [6.45, 7) is 3.55. The van der Waals surface area contributed by atoms with Crippen molar-refractivity contribution < 1.29 is 4.79 Å². The molecule has 0 unspecified atom stereocenters. The molecule has 2 atom stereocenters. The van der Waals surface area contributed by atoms with E-state index >= 15 is 0 Å². The lowest BCUT2D eigenvalue weighted by atomic mass is 9.96. The number of nitrogens with zero attached hydrogens (tertiary/aromatic N) is 3. The van der Waals surface area contributed by atoms with Gasteiger partial charge in [0.05, 0.1) is 12.0 Å². The number of carbonyl (C=O) groups is 1. The molecule has 1 amide bonds. The van der Waals surface area contributed by atoms with Crippen LogP contribution in [0.3, 0.4) is 0 Å². The van der Waals surface area contributed by atoms with Gasteiger partial charge in [0.1, 0.15) is 0 Å². The molecule has 2 heterocycles. The van der Waals surface area contributed by atoms with Crippen molar-refractivity contribution in [3.8, 4) is 0 Å². The molecule has 24 heavy (non-hydrogen) atoms. The summed E-state index contributed by atoms with van der Waals surface area (Å²) in [5, 5.41) is 11.5. The van der Waals surface area contributed by atoms with Crippen molar-refractivity contribution in [2.24, 2.45) is 5.92 Å². The first kappa shape index (κ1) is 16.7. The minimum Gasteiger partial charge on any atom is -0.354 e. The Hall–Kier alpha value is -2.14. The van der Waals surface area contributed by atoms with Crippen molar-refractivity contribution in [2.75, 3.05) is 18.0 Å². The highest BCUT2D eigenvalue weighted by molar-refractivity contribution is 6.29. The van der Waals surface area contributed by atoms with Crippen LogP contribution in [0.1, 0.15) is 31.4 Å². The number of carbonyl (C=O) groups excluding carboxylic acids is 1. The van der Waals surface area contributed by atoms with E-state index in [-0.39, 0.29) is 17.9 Å². The highest BCUT2D eigenvalue weighted by Crippen LogP contribution is 2.23. The monoisotopic (exact) mass is 344 g/mol. The van der Waals surface area contributed by atoms with Gasteiger partial charge in [0, 0.05) is 13.1 Å². The van der Waals surface area contributed by atoms with Gasteiger partial charge in [-0.3, -0.25) is 4.79 Å². The van der Waals surface area contributed by atoms with Gasteiger partial charge in [0.2, 0.25) is 5.91 Å². The van der Waals surface area contributed by atoms with Crippen molar-refractivity contribution >= 4 is 23.3 Å². The summed E-state index contributed by atoms with van der Waals surface area (Å²) >= 11 is 5.79. The maximum absolute atomic E-state index is 12.6. The Bertz CT molecular complexity index is 677. The van der Waals surface area contributed by atoms with Crippen LogP contribution in [0.25, 0.3) is 0 Å². The minimum absolute atomic E-state index is 0.00407. The first-order valence-electron chi connectivity index (χ1n) is 8.23. The van der Waals surface area contributed by atoms with Crippen LogP contribution in [0.2, 0.25) is 5.15 Å². The summed E-state index contributed by atoms with van der Waals surface area (Å²) < 4.78 is 0. The van der Waals surface area contributed by atoms with Gasteiger partial charge in [0.25, 0.3) is 0 Å². The lowest BCUT2D eigenvalue weighted by Crippen LogP contribution is -2.44. The van der Waals surface area contributed by atoms with Gasteiger partial charge >= 0.3 is 0 Å². The largest absolute Gasteiger partial charge is 0.354 e. The predicted octanol–water partition coefficient (Wildman–Crippen LogP) is 3.22. The summed E-state index contributed by atoms with van der Waals surface area (Å²) in [7, 11) is 0. The van der Waals surface area contributed by atoms with E-state index in [1.807, 2.05) is 43.3 Å². The predicted molar refractivity (Wildman–Crippen MR) is 95.0 cm³/mol. The SMILES string of the molecule is C[C@@H](NC(=O)[C@H]1CCCN(c2ccc(Cl)nn2)C1)c1ccccc1. The van der Waals surface area contributed by atoms with Crippen LogP contribution in [-0.2, 0) is 4.79 Å². The Labute approximate surface area is 147 Å². The lowest BCUT2D eigenvalue weighted by molar-refractivity contribution is -0.125. The molecular weight excluding hydrogens is 324 g/mol. The Balaban J connectivity index is 1.61. The summed E-state index contributed by atoms with van der Waals surface area (Å²) in [6.07, 6.45) is 1.85. The van der Waals surface area contributed by atoms with E-state index in [0.717, 1.165) is 30.8 Å². The molecule has 1 saturated heterocycles. The molecule has 1 fully saturated rings. The second-order valence-electron chi connectivity index (χ2n) is 6.14. The van der Waals surface area contributed by atoms with Crippen LogP contribution in [0.5, 0.6) is 0 Å². The van der Waals surface area contributed by atoms with Crippen molar-refractivity contribution in [2.45, 2.75) is 25.8 Å². The molecule has 1 aromatic heterocycles. The van der Waals surface area contributed by atoms with E-state index in [9.17, 15) is 4.79 Å². The molecule has 1 aliphatic heterocycles. The van der Waals surface area contributed by atoms with Gasteiger partial charge in [-0.05, 0) is 37.5 Å². The molecule has 126 valence electrons. The Morgan fingerprint density at radius 1 is 1.25 bits per heavy atom. The average molecular weight is 345 g/mol. The Morgan fingerprint density at radius 3 is 2.75 bits per heavy atom. The number of halogens is 1. The van der Waals surface area contributed by atoms with Crippen molar-refractivity contribution in [3.63, 3.8) is 0 Å². The molecule has 1 aromatic carbocycles. The van der Waals surface area contributed by atoms with Gasteiger partial charge in [-0.1, -0.05) is 41.9 Å². The third-order valence-corrected chi connectivity index (χ3v) is 4.59. The number of benzene rings is 1. The van der Waals surface area contributed by atoms with Crippen molar-refractivity contribution in [1.29, 1.82) is 0 Å². The lowest BCUT2D eigenvalue weighted by Gasteiger charge is -2.33. The van der Waals surface area contributed by atoms with E-state index in [4.69, 9.17) is 11.6 Å². The van der Waals surface area contributed by atoms with Crippen LogP contribution < -0.4 is 10.2 Å². The maximum Gasteiger partial charge on any atom is 0.225 e. The standard InChI is InChI=1S/C18H21ClN4O/c1-13(14-6-3-2-4-7-14)20-18(24)15-8-5-11-23(12-15)17-10-9-16(19)21-22-17/h2-4,6-7,9-10,13,15H,5,8,11-12H2,1H3,(H,20,24)/t13-,15+/m1/s1. The number of rotatable bonds is 4. The number of aromatic nitrogens is 2. The molecule has 6 heteroatoms. The zero-order chi connectivity index (χ0) is 16.9. The van der Waals surface area contributed by atoms with E-state index < -0.39 is 0 Å². The van der Waals surface area contributed by atoms with E-state index in [1.165, 1.54) is 0 Å². The highest BCUT2D eigenvalue weighted by atomic mass is 35.5. The second-order valence-corrected chi connectivity index (χ2v) is 6.53. The normalized spacial score (nSPS) is 18.9. The zero-order valence-electron chi connectivity index (χ0n) is 13.7. The highest BCUT2D eigenvalue weighted by Gasteiger charge is 2.27. The third-order valence-electron chi connectivity index (χ3n) is 4.39. The molecule has 0 aliphatic carbocycles. The molecule has 5 nitrogen and oxygen atoms in total. The van der Waals surface area contributed by atoms with Gasteiger partial charge in [-0.15, -0.1) is 10.2 Å². The molecule has 2 aromatic rings. The third kappa shape index (κ3) is 4.03. The topological polar surface area (TPSA) is 58.1 Å². The maximum atomic E-state index is 12.6. The van der Waals surface area contributed by atoms with Gasteiger partial charge in [0.15, 0.2) is 11.0 Å². The average Bonchev–Trinajstić information content (AvgIpc) is 2.63. The minimum atomic E-state index is -0.0395. The molecule has 0 bridgehead atoms. The van der Waals surface area contributed by atoms with Crippen LogP contribution in [-0.4, -0.2) is 29.2 Å². The van der Waals surface area contributed by atoms with E-state index in [2.05, 4.69) is 20.4 Å². The zero-order valence-corrected chi connectivity index (χ0v) is 14.4. The van der Waals surface area contributed by atoms with Crippen molar-refractivity contribution in [3.05, 3.63) is 53.2 Å². The summed E-state index contributed by atoms with van der Waals surface area (Å²) in [5.41, 5.74) is 1.11. The fourth-order valence-corrected chi connectivity index (χ4v) is 3.13. The number of anilines is 1. The molecule has 1 aliphatic rings. The second kappa shape index (κ2) is 7.62. The molecule has 0 saturated carbocycles. The number of amides is 1. The van der Waals surface area contributed by atoms with Gasteiger partial charge in [-0.25, -0.2) is 0 Å². The quantitative estimate of drug-likeness (QED) is 0.925. The summed E-state index contributed by atoms with van der Waals surface area (Å²) in [6, 6.07) is 13.6. The van der Waals surface area contributed by atoms with Gasteiger partial charge in [-0.2, -0.15) is 0 Å². The first-order valence-corrected chi connectivity index (χ1v) is 8.61. The molecule has 0 radical (unpaired) electrons. The Morgan fingerprint density at radius 2 is 2.04 bits per heavy atom. The van der Waals surface area contributed by atoms with Crippen LogP contribution in [0, 0.1) is 5.92 Å². The van der Waals surface area contributed by atoms with Crippen LogP contribution in [0.4, 0.5) is 5.82 Å². The Kier molecular flexibility index (Phi) is 5.30.